The molecule has 3 aromatic carbocycles. The third kappa shape index (κ3) is 3.55. The van der Waals surface area contributed by atoms with Crippen LogP contribution in [0.3, 0.4) is 0 Å². The number of ether oxygens (including phenoxy) is 1. The molecule has 28 heavy (non-hydrogen) atoms. The lowest BCUT2D eigenvalue weighted by Gasteiger charge is -2.10. The van der Waals surface area contributed by atoms with Crippen LogP contribution in [0.1, 0.15) is 5.56 Å². The van der Waals surface area contributed by atoms with Crippen molar-refractivity contribution >= 4 is 0 Å². The molecular weight excluding hydrogens is 350 g/mol. The summed E-state index contributed by atoms with van der Waals surface area (Å²) in [5.41, 5.74) is 3.26. The average Bonchev–Trinajstić information content (AvgIpc) is 2.74. The van der Waals surface area contributed by atoms with Crippen LogP contribution in [0, 0.1) is 6.92 Å². The van der Waals surface area contributed by atoms with E-state index in [1.807, 2.05) is 73.7 Å². The van der Waals surface area contributed by atoms with Crippen molar-refractivity contribution in [2.45, 2.75) is 6.92 Å². The highest BCUT2D eigenvalue weighted by Gasteiger charge is 2.14. The standard InChI is InChI=1S/C23H19N3O2/c1-15-8-13-19(20(27)14-15)23-25-21(16-6-4-3-5-7-16)24-22(26-23)17-9-11-18(28-2)12-10-17/h3-14,27H,1-2H3. The van der Waals surface area contributed by atoms with Crippen LogP contribution in [-0.4, -0.2) is 27.2 Å². The van der Waals surface area contributed by atoms with Gasteiger partial charge in [-0.05, 0) is 48.9 Å². The van der Waals surface area contributed by atoms with Gasteiger partial charge in [0.15, 0.2) is 17.5 Å². The number of aryl methyl sites for hydroxylation is 1. The van der Waals surface area contributed by atoms with Gasteiger partial charge in [0.2, 0.25) is 0 Å². The number of hydrogen-bond acceptors (Lipinski definition) is 5. The fraction of sp³-hybridized carbons (Fsp3) is 0.0870. The number of phenolic OH excluding ortho intramolecular Hbond substituents is 1. The fourth-order valence-corrected chi connectivity index (χ4v) is 2.91. The van der Waals surface area contributed by atoms with E-state index in [1.54, 1.807) is 13.2 Å². The number of aromatic nitrogens is 3. The highest BCUT2D eigenvalue weighted by Crippen LogP contribution is 2.30. The lowest BCUT2D eigenvalue weighted by Crippen LogP contribution is -2.00. The van der Waals surface area contributed by atoms with Gasteiger partial charge in [0.05, 0.1) is 12.7 Å². The number of rotatable bonds is 4. The van der Waals surface area contributed by atoms with Crippen molar-refractivity contribution < 1.29 is 9.84 Å². The van der Waals surface area contributed by atoms with Crippen molar-refractivity contribution in [1.29, 1.82) is 0 Å². The predicted molar refractivity (Wildman–Crippen MR) is 109 cm³/mol. The SMILES string of the molecule is COc1ccc(-c2nc(-c3ccccc3)nc(-c3ccc(C)cc3O)n2)cc1. The highest BCUT2D eigenvalue weighted by atomic mass is 16.5. The molecule has 0 amide bonds. The minimum atomic E-state index is 0.144. The van der Waals surface area contributed by atoms with Gasteiger partial charge in [0.1, 0.15) is 11.5 Å². The molecule has 0 atom stereocenters. The van der Waals surface area contributed by atoms with Crippen LogP contribution in [0.2, 0.25) is 0 Å². The Bertz CT molecular complexity index is 1110. The Hall–Kier alpha value is -3.73. The highest BCUT2D eigenvalue weighted by molar-refractivity contribution is 5.70. The van der Waals surface area contributed by atoms with E-state index in [0.29, 0.717) is 23.0 Å². The molecule has 0 aliphatic rings. The molecule has 0 bridgehead atoms. The molecular formula is C23H19N3O2. The first-order valence-electron chi connectivity index (χ1n) is 8.90. The van der Waals surface area contributed by atoms with Crippen LogP contribution in [0.15, 0.2) is 72.8 Å². The quantitative estimate of drug-likeness (QED) is 0.554. The average molecular weight is 369 g/mol. The van der Waals surface area contributed by atoms with Crippen LogP contribution in [0.5, 0.6) is 11.5 Å². The molecule has 5 nitrogen and oxygen atoms in total. The molecule has 0 fully saturated rings. The zero-order chi connectivity index (χ0) is 19.5. The van der Waals surface area contributed by atoms with E-state index in [2.05, 4.69) is 15.0 Å². The third-order valence-corrected chi connectivity index (χ3v) is 4.41. The van der Waals surface area contributed by atoms with Gasteiger partial charge in [-0.3, -0.25) is 0 Å². The van der Waals surface area contributed by atoms with Gasteiger partial charge < -0.3 is 9.84 Å². The van der Waals surface area contributed by atoms with E-state index in [0.717, 1.165) is 22.4 Å². The first kappa shape index (κ1) is 17.7. The summed E-state index contributed by atoms with van der Waals surface area (Å²) in [5.74, 6) is 2.42. The topological polar surface area (TPSA) is 68.1 Å². The van der Waals surface area contributed by atoms with Crippen molar-refractivity contribution in [1.82, 2.24) is 15.0 Å². The lowest BCUT2D eigenvalue weighted by molar-refractivity contribution is 0.415. The number of hydrogen-bond donors (Lipinski definition) is 1. The second-order valence-corrected chi connectivity index (χ2v) is 6.42. The van der Waals surface area contributed by atoms with Crippen molar-refractivity contribution in [3.63, 3.8) is 0 Å². The summed E-state index contributed by atoms with van der Waals surface area (Å²) in [6.07, 6.45) is 0. The Morgan fingerprint density at radius 3 is 1.93 bits per heavy atom. The molecule has 138 valence electrons. The number of aromatic hydroxyl groups is 1. The molecule has 0 aliphatic carbocycles. The van der Waals surface area contributed by atoms with Crippen molar-refractivity contribution in [2.24, 2.45) is 0 Å². The summed E-state index contributed by atoms with van der Waals surface area (Å²) in [4.78, 5) is 13.9. The van der Waals surface area contributed by atoms with E-state index in [1.165, 1.54) is 0 Å². The Balaban J connectivity index is 1.90. The van der Waals surface area contributed by atoms with Crippen LogP contribution in [0.4, 0.5) is 0 Å². The molecule has 0 saturated heterocycles. The Labute approximate surface area is 163 Å². The minimum Gasteiger partial charge on any atom is -0.507 e. The van der Waals surface area contributed by atoms with E-state index >= 15 is 0 Å². The number of phenols is 1. The molecule has 4 aromatic rings. The summed E-state index contributed by atoms with van der Waals surface area (Å²) >= 11 is 0. The van der Waals surface area contributed by atoms with E-state index in [4.69, 9.17) is 4.74 Å². The molecule has 1 aromatic heterocycles. The van der Waals surface area contributed by atoms with E-state index < -0.39 is 0 Å². The molecule has 0 unspecified atom stereocenters. The molecule has 0 aliphatic heterocycles. The van der Waals surface area contributed by atoms with Gasteiger partial charge in [-0.25, -0.2) is 15.0 Å². The normalized spacial score (nSPS) is 10.6. The molecule has 0 radical (unpaired) electrons. The second kappa shape index (κ2) is 7.48. The number of benzene rings is 3. The van der Waals surface area contributed by atoms with Gasteiger partial charge >= 0.3 is 0 Å². The minimum absolute atomic E-state index is 0.144. The molecule has 0 spiro atoms. The van der Waals surface area contributed by atoms with Gasteiger partial charge in [0, 0.05) is 11.1 Å². The van der Waals surface area contributed by atoms with Crippen molar-refractivity contribution in [3.8, 4) is 45.7 Å². The maximum Gasteiger partial charge on any atom is 0.167 e. The third-order valence-electron chi connectivity index (χ3n) is 4.41. The van der Waals surface area contributed by atoms with E-state index in [9.17, 15) is 5.11 Å². The van der Waals surface area contributed by atoms with Crippen molar-refractivity contribution in [3.05, 3.63) is 78.4 Å². The zero-order valence-electron chi connectivity index (χ0n) is 15.6. The van der Waals surface area contributed by atoms with Gasteiger partial charge in [-0.1, -0.05) is 36.4 Å². The molecule has 4 rings (SSSR count). The second-order valence-electron chi connectivity index (χ2n) is 6.42. The van der Waals surface area contributed by atoms with Crippen LogP contribution < -0.4 is 4.74 Å². The first-order chi connectivity index (χ1) is 13.6. The van der Waals surface area contributed by atoms with Gasteiger partial charge in [0.25, 0.3) is 0 Å². The largest absolute Gasteiger partial charge is 0.507 e. The summed E-state index contributed by atoms with van der Waals surface area (Å²) < 4.78 is 5.23. The van der Waals surface area contributed by atoms with Crippen molar-refractivity contribution in [2.75, 3.05) is 7.11 Å². The Morgan fingerprint density at radius 2 is 1.32 bits per heavy atom. The molecule has 5 heteroatoms. The zero-order valence-corrected chi connectivity index (χ0v) is 15.6. The predicted octanol–water partition coefficient (Wildman–Crippen LogP) is 4.90. The Morgan fingerprint density at radius 1 is 0.714 bits per heavy atom. The molecule has 1 N–H and O–H groups in total. The Kier molecular flexibility index (Phi) is 4.72. The number of methoxy groups -OCH3 is 1. The van der Waals surface area contributed by atoms with Crippen LogP contribution in [0.25, 0.3) is 34.2 Å². The monoisotopic (exact) mass is 369 g/mol. The van der Waals surface area contributed by atoms with E-state index in [-0.39, 0.29) is 5.75 Å². The summed E-state index contributed by atoms with van der Waals surface area (Å²) in [6, 6.07) is 22.7. The smallest absolute Gasteiger partial charge is 0.167 e. The first-order valence-corrected chi connectivity index (χ1v) is 8.90. The van der Waals surface area contributed by atoms with Crippen LogP contribution >= 0.6 is 0 Å². The summed E-state index contributed by atoms with van der Waals surface area (Å²) in [5, 5.41) is 10.4. The van der Waals surface area contributed by atoms with Gasteiger partial charge in [-0.2, -0.15) is 0 Å². The van der Waals surface area contributed by atoms with Crippen LogP contribution in [-0.2, 0) is 0 Å². The lowest BCUT2D eigenvalue weighted by atomic mass is 10.1. The number of nitrogens with zero attached hydrogens (tertiary/aromatic N) is 3. The maximum atomic E-state index is 10.4. The fourth-order valence-electron chi connectivity index (χ4n) is 2.91. The summed E-state index contributed by atoms with van der Waals surface area (Å²) in [7, 11) is 1.63. The molecule has 1 heterocycles. The summed E-state index contributed by atoms with van der Waals surface area (Å²) in [6.45, 7) is 1.93. The van der Waals surface area contributed by atoms with Gasteiger partial charge in [-0.15, -0.1) is 0 Å². The maximum absolute atomic E-state index is 10.4. The molecule has 0 saturated carbocycles.